The first-order chi connectivity index (χ1) is 18.7. The van der Waals surface area contributed by atoms with E-state index in [4.69, 9.17) is 4.74 Å². The zero-order valence-electron chi connectivity index (χ0n) is 22.3. The van der Waals surface area contributed by atoms with Gasteiger partial charge in [0.25, 0.3) is 10.0 Å². The van der Waals surface area contributed by atoms with Gasteiger partial charge in [0.1, 0.15) is 18.3 Å². The normalized spacial score (nSPS) is 11.9. The number of amides is 2. The van der Waals surface area contributed by atoms with E-state index in [0.717, 1.165) is 20.8 Å². The van der Waals surface area contributed by atoms with Gasteiger partial charge in [-0.15, -0.1) is 0 Å². The van der Waals surface area contributed by atoms with Crippen molar-refractivity contribution in [3.8, 4) is 5.75 Å². The molecule has 3 rings (SSSR count). The Labute approximate surface area is 239 Å². The van der Waals surface area contributed by atoms with Crippen LogP contribution in [-0.4, -0.2) is 50.9 Å². The molecular formula is C29H34BrN3O5S. The van der Waals surface area contributed by atoms with Crippen LogP contribution in [0, 0.1) is 0 Å². The summed E-state index contributed by atoms with van der Waals surface area (Å²) in [6, 6.07) is 21.1. The van der Waals surface area contributed by atoms with Crippen LogP contribution in [0.25, 0.3) is 0 Å². The molecule has 39 heavy (non-hydrogen) atoms. The number of carbonyl (C=O) groups excluding carboxylic acids is 2. The number of nitrogens with one attached hydrogen (secondary N) is 1. The van der Waals surface area contributed by atoms with E-state index in [1.165, 1.54) is 17.0 Å². The van der Waals surface area contributed by atoms with Gasteiger partial charge in [-0.1, -0.05) is 53.2 Å². The Morgan fingerprint density at radius 2 is 1.67 bits per heavy atom. The molecule has 0 aliphatic rings. The monoisotopic (exact) mass is 615 g/mol. The third-order valence-corrected chi connectivity index (χ3v) is 8.29. The van der Waals surface area contributed by atoms with E-state index in [-0.39, 0.29) is 17.3 Å². The van der Waals surface area contributed by atoms with E-state index >= 15 is 0 Å². The van der Waals surface area contributed by atoms with Crippen molar-refractivity contribution in [1.29, 1.82) is 0 Å². The summed E-state index contributed by atoms with van der Waals surface area (Å²) in [6.45, 7) is 6.02. The topological polar surface area (TPSA) is 96.0 Å². The molecule has 10 heteroatoms. The van der Waals surface area contributed by atoms with Gasteiger partial charge in [0, 0.05) is 17.6 Å². The first-order valence-corrected chi connectivity index (χ1v) is 15.0. The van der Waals surface area contributed by atoms with Gasteiger partial charge in [0.2, 0.25) is 11.8 Å². The van der Waals surface area contributed by atoms with Crippen molar-refractivity contribution in [2.45, 2.75) is 44.7 Å². The largest absolute Gasteiger partial charge is 0.494 e. The molecule has 0 aliphatic carbocycles. The van der Waals surface area contributed by atoms with Crippen LogP contribution in [0.5, 0.6) is 5.75 Å². The SMILES string of the molecule is CCCNC(=O)[C@H](C)N(Cc1cccc(Br)c1)C(=O)CN(c1ccc(OCC)cc1)S(=O)(=O)c1ccccc1. The molecule has 0 saturated carbocycles. The molecular weight excluding hydrogens is 582 g/mol. The van der Waals surface area contributed by atoms with Crippen molar-refractivity contribution in [1.82, 2.24) is 10.2 Å². The van der Waals surface area contributed by atoms with E-state index < -0.39 is 28.5 Å². The van der Waals surface area contributed by atoms with Crippen LogP contribution >= 0.6 is 15.9 Å². The molecule has 2 amide bonds. The quantitative estimate of drug-likeness (QED) is 0.292. The van der Waals surface area contributed by atoms with Crippen LogP contribution in [0.15, 0.2) is 88.2 Å². The number of nitrogens with zero attached hydrogens (tertiary/aromatic N) is 2. The van der Waals surface area contributed by atoms with Gasteiger partial charge < -0.3 is 15.0 Å². The number of rotatable bonds is 13. The molecule has 0 aromatic heterocycles. The van der Waals surface area contributed by atoms with E-state index in [1.807, 2.05) is 38.1 Å². The molecule has 0 radical (unpaired) electrons. The standard InChI is InChI=1S/C29H34BrN3O5S/c1-4-18-31-29(35)22(3)32(20-23-10-9-11-24(30)19-23)28(34)21-33(25-14-16-26(17-15-25)38-5-2)39(36,37)27-12-7-6-8-13-27/h6-17,19,22H,4-5,18,20-21H2,1-3H3,(H,31,35)/t22-/m0/s1. The number of hydrogen-bond donors (Lipinski definition) is 1. The maximum Gasteiger partial charge on any atom is 0.264 e. The Morgan fingerprint density at radius 3 is 2.28 bits per heavy atom. The van der Waals surface area contributed by atoms with Crippen molar-refractivity contribution < 1.29 is 22.7 Å². The second-order valence-corrected chi connectivity index (χ2v) is 11.6. The lowest BCUT2D eigenvalue weighted by Gasteiger charge is -2.32. The van der Waals surface area contributed by atoms with E-state index in [9.17, 15) is 18.0 Å². The molecule has 1 atom stereocenters. The number of halogens is 1. The predicted octanol–water partition coefficient (Wildman–Crippen LogP) is 4.99. The zero-order valence-corrected chi connectivity index (χ0v) is 24.7. The summed E-state index contributed by atoms with van der Waals surface area (Å²) in [5, 5.41) is 2.84. The number of benzene rings is 3. The number of ether oxygens (including phenoxy) is 1. The molecule has 208 valence electrons. The Hall–Kier alpha value is -3.37. The Kier molecular flexibility index (Phi) is 10.9. The second kappa shape index (κ2) is 14.1. The highest BCUT2D eigenvalue weighted by atomic mass is 79.9. The summed E-state index contributed by atoms with van der Waals surface area (Å²) in [5.41, 5.74) is 1.10. The van der Waals surface area contributed by atoms with Crippen molar-refractivity contribution in [2.75, 3.05) is 24.0 Å². The highest BCUT2D eigenvalue weighted by Crippen LogP contribution is 2.27. The minimum absolute atomic E-state index is 0.0546. The molecule has 0 aliphatic heterocycles. The minimum Gasteiger partial charge on any atom is -0.494 e. The fraction of sp³-hybridized carbons (Fsp3) is 0.310. The Bertz CT molecular complexity index is 1350. The average Bonchev–Trinajstić information content (AvgIpc) is 2.94. The Morgan fingerprint density at radius 1 is 0.974 bits per heavy atom. The first kappa shape index (κ1) is 30.2. The number of anilines is 1. The van der Waals surface area contributed by atoms with Crippen molar-refractivity contribution in [3.63, 3.8) is 0 Å². The Balaban J connectivity index is 2.01. The van der Waals surface area contributed by atoms with Crippen LogP contribution in [-0.2, 0) is 26.2 Å². The van der Waals surface area contributed by atoms with E-state index in [0.29, 0.717) is 24.6 Å². The van der Waals surface area contributed by atoms with Gasteiger partial charge in [-0.25, -0.2) is 8.42 Å². The number of carbonyl (C=O) groups is 2. The first-order valence-electron chi connectivity index (χ1n) is 12.8. The highest BCUT2D eigenvalue weighted by Gasteiger charge is 2.32. The van der Waals surface area contributed by atoms with Crippen molar-refractivity contribution >= 4 is 43.5 Å². The summed E-state index contributed by atoms with van der Waals surface area (Å²) in [6.07, 6.45) is 0.749. The fourth-order valence-corrected chi connectivity index (χ4v) is 5.82. The molecule has 0 bridgehead atoms. The molecule has 0 unspecified atom stereocenters. The molecule has 0 spiro atoms. The van der Waals surface area contributed by atoms with Crippen molar-refractivity contribution in [2.24, 2.45) is 0 Å². The highest BCUT2D eigenvalue weighted by molar-refractivity contribution is 9.10. The van der Waals surface area contributed by atoms with Crippen LogP contribution in [0.4, 0.5) is 5.69 Å². The van der Waals surface area contributed by atoms with Gasteiger partial charge >= 0.3 is 0 Å². The van der Waals surface area contributed by atoms with Gasteiger partial charge in [0.15, 0.2) is 0 Å². The third-order valence-electron chi connectivity index (χ3n) is 6.00. The van der Waals surface area contributed by atoms with Crippen molar-refractivity contribution in [3.05, 3.63) is 88.9 Å². The van der Waals surface area contributed by atoms with Gasteiger partial charge in [0.05, 0.1) is 17.2 Å². The predicted molar refractivity (Wildman–Crippen MR) is 156 cm³/mol. The average molecular weight is 617 g/mol. The van der Waals surface area contributed by atoms with E-state index in [2.05, 4.69) is 21.2 Å². The lowest BCUT2D eigenvalue weighted by Crippen LogP contribution is -2.51. The van der Waals surface area contributed by atoms with Gasteiger partial charge in [-0.2, -0.15) is 0 Å². The lowest BCUT2D eigenvalue weighted by atomic mass is 10.1. The molecule has 1 N–H and O–H groups in total. The van der Waals surface area contributed by atoms with Gasteiger partial charge in [-0.3, -0.25) is 13.9 Å². The summed E-state index contributed by atoms with van der Waals surface area (Å²) < 4.78 is 35.0. The van der Waals surface area contributed by atoms with Crippen LogP contribution < -0.4 is 14.4 Å². The molecule has 0 fully saturated rings. The van der Waals surface area contributed by atoms with Crippen LogP contribution in [0.2, 0.25) is 0 Å². The maximum atomic E-state index is 13.9. The summed E-state index contributed by atoms with van der Waals surface area (Å²) in [5.74, 6) is -0.233. The summed E-state index contributed by atoms with van der Waals surface area (Å²) in [4.78, 5) is 28.3. The fourth-order valence-electron chi connectivity index (χ4n) is 3.93. The van der Waals surface area contributed by atoms with Gasteiger partial charge in [-0.05, 0) is 74.4 Å². The molecule has 3 aromatic carbocycles. The molecule has 0 saturated heterocycles. The summed E-state index contributed by atoms with van der Waals surface area (Å²) >= 11 is 3.45. The van der Waals surface area contributed by atoms with E-state index in [1.54, 1.807) is 49.4 Å². The summed E-state index contributed by atoms with van der Waals surface area (Å²) in [7, 11) is -4.11. The molecule has 3 aromatic rings. The maximum absolute atomic E-state index is 13.9. The van der Waals surface area contributed by atoms with Crippen LogP contribution in [0.3, 0.4) is 0 Å². The third kappa shape index (κ3) is 8.06. The smallest absolute Gasteiger partial charge is 0.264 e. The molecule has 0 heterocycles. The minimum atomic E-state index is -4.11. The molecule has 8 nitrogen and oxygen atoms in total. The zero-order chi connectivity index (χ0) is 28.4. The lowest BCUT2D eigenvalue weighted by molar-refractivity contribution is -0.139. The number of hydrogen-bond acceptors (Lipinski definition) is 5. The second-order valence-electron chi connectivity index (χ2n) is 8.87. The number of sulfonamides is 1. The van der Waals surface area contributed by atoms with Crippen LogP contribution in [0.1, 0.15) is 32.8 Å².